The van der Waals surface area contributed by atoms with Gasteiger partial charge in [-0.25, -0.2) is 0 Å². The smallest absolute Gasteiger partial charge is 0.226 e. The molecule has 0 aliphatic heterocycles. The number of aromatic amines is 1. The molecule has 3 N–H and O–H groups in total. The zero-order valence-electron chi connectivity index (χ0n) is 14.1. The zero-order chi connectivity index (χ0) is 18.1. The van der Waals surface area contributed by atoms with Crippen LogP contribution in [0.3, 0.4) is 0 Å². The fourth-order valence-corrected chi connectivity index (χ4v) is 2.58. The van der Waals surface area contributed by atoms with Crippen LogP contribution in [0.15, 0.2) is 30.7 Å². The Hall–Kier alpha value is -3.22. The minimum atomic E-state index is -0.266. The number of nitrogens with zero attached hydrogens (tertiary/aromatic N) is 1. The van der Waals surface area contributed by atoms with Crippen LogP contribution in [-0.2, 0) is 9.53 Å². The summed E-state index contributed by atoms with van der Waals surface area (Å²) in [6.45, 7) is 3.57. The molecule has 0 aliphatic carbocycles. The van der Waals surface area contributed by atoms with Crippen LogP contribution >= 0.6 is 0 Å². The summed E-state index contributed by atoms with van der Waals surface area (Å²) < 4.78 is 4.78. The first-order valence-corrected chi connectivity index (χ1v) is 7.79. The van der Waals surface area contributed by atoms with Crippen molar-refractivity contribution in [3.05, 3.63) is 41.7 Å². The van der Waals surface area contributed by atoms with Crippen LogP contribution in [0.1, 0.15) is 24.3 Å². The first-order valence-electron chi connectivity index (χ1n) is 7.79. The number of methoxy groups -OCH3 is 1. The van der Waals surface area contributed by atoms with E-state index in [0.29, 0.717) is 22.4 Å². The number of carbonyl (C=O) groups excluding carboxylic acids is 2. The normalized spacial score (nSPS) is 11.7. The van der Waals surface area contributed by atoms with Gasteiger partial charge in [0.1, 0.15) is 0 Å². The summed E-state index contributed by atoms with van der Waals surface area (Å²) in [5, 5.41) is 12.6. The van der Waals surface area contributed by atoms with Crippen LogP contribution in [0.5, 0.6) is 0 Å². The topological polar surface area (TPSA) is 108 Å². The minimum Gasteiger partial charge on any atom is -0.504 e. The molecule has 2 heterocycles. The summed E-state index contributed by atoms with van der Waals surface area (Å²) in [5.74, 6) is -0.642. The van der Waals surface area contributed by atoms with Crippen LogP contribution in [-0.4, -0.2) is 28.8 Å². The maximum Gasteiger partial charge on any atom is 0.226 e. The number of hydrogen-bond donors (Lipinski definition) is 3. The molecule has 0 fully saturated rings. The van der Waals surface area contributed by atoms with Crippen molar-refractivity contribution in [1.82, 2.24) is 9.97 Å². The van der Waals surface area contributed by atoms with Gasteiger partial charge in [-0.3, -0.25) is 20.0 Å². The number of H-pyrrole nitrogens is 1. The van der Waals surface area contributed by atoms with Crippen LogP contribution in [0.2, 0.25) is 0 Å². The first-order chi connectivity index (χ1) is 11.9. The third-order valence-electron chi connectivity index (χ3n) is 3.88. The van der Waals surface area contributed by atoms with Gasteiger partial charge in [0.2, 0.25) is 11.7 Å². The van der Waals surface area contributed by atoms with E-state index in [4.69, 9.17) is 10.1 Å². The molecule has 0 saturated heterocycles. The fourth-order valence-electron chi connectivity index (χ4n) is 2.58. The third kappa shape index (κ3) is 2.96. The number of allylic oxidation sites excluding steroid dienone is 1. The standard InChI is InChI=1S/C18H18N4O3/c1-9(2)18(24)22-13-7-11(19)16-15-10(8-20-16)6-12(21-17(13)15)14(23)4-5-25-3/h4-9,19,21H,1-3H3,(H,22,24)/b5-4+,19-11?. The quantitative estimate of drug-likeness (QED) is 0.377. The van der Waals surface area contributed by atoms with E-state index in [0.717, 1.165) is 10.8 Å². The van der Waals surface area contributed by atoms with Crippen LogP contribution in [0, 0.1) is 11.3 Å². The maximum absolute atomic E-state index is 12.3. The largest absolute Gasteiger partial charge is 0.504 e. The second kappa shape index (κ2) is 6.35. The van der Waals surface area contributed by atoms with Crippen molar-refractivity contribution in [1.29, 1.82) is 5.41 Å². The van der Waals surface area contributed by atoms with Gasteiger partial charge < -0.3 is 15.0 Å². The Morgan fingerprint density at radius 3 is 2.80 bits per heavy atom. The number of carbonyl (C=O) groups is 2. The third-order valence-corrected chi connectivity index (χ3v) is 3.88. The molecular formula is C18H18N4O3. The van der Waals surface area contributed by atoms with Gasteiger partial charge in [-0.2, -0.15) is 0 Å². The summed E-state index contributed by atoms with van der Waals surface area (Å²) in [6.07, 6.45) is 4.23. The average molecular weight is 338 g/mol. The monoisotopic (exact) mass is 338 g/mol. The van der Waals surface area contributed by atoms with Crippen molar-refractivity contribution < 1.29 is 14.3 Å². The predicted molar refractivity (Wildman–Crippen MR) is 94.6 cm³/mol. The second-order valence-electron chi connectivity index (χ2n) is 6.01. The highest BCUT2D eigenvalue weighted by molar-refractivity contribution is 6.16. The number of anilines is 1. The van der Waals surface area contributed by atoms with Gasteiger partial charge in [0.05, 0.1) is 41.1 Å². The van der Waals surface area contributed by atoms with Gasteiger partial charge in [-0.05, 0) is 12.1 Å². The second-order valence-corrected chi connectivity index (χ2v) is 6.01. The highest BCUT2D eigenvalue weighted by Crippen LogP contribution is 2.29. The number of nitrogens with one attached hydrogen (secondary N) is 3. The fraction of sp³-hybridized carbons (Fsp3) is 0.222. The van der Waals surface area contributed by atoms with E-state index < -0.39 is 0 Å². The Kier molecular flexibility index (Phi) is 4.22. The van der Waals surface area contributed by atoms with Crippen molar-refractivity contribution in [2.45, 2.75) is 13.8 Å². The van der Waals surface area contributed by atoms with Gasteiger partial charge in [-0.1, -0.05) is 13.8 Å². The molecule has 128 valence electrons. The Morgan fingerprint density at radius 1 is 1.36 bits per heavy atom. The van der Waals surface area contributed by atoms with Crippen molar-refractivity contribution in [2.75, 3.05) is 12.4 Å². The highest BCUT2D eigenvalue weighted by atomic mass is 16.5. The number of amides is 1. The Labute approximate surface area is 143 Å². The van der Waals surface area contributed by atoms with Crippen molar-refractivity contribution in [3.8, 4) is 0 Å². The summed E-state index contributed by atoms with van der Waals surface area (Å²) >= 11 is 0. The molecule has 7 nitrogen and oxygen atoms in total. The van der Waals surface area contributed by atoms with E-state index in [2.05, 4.69) is 15.3 Å². The molecule has 1 aromatic carbocycles. The number of pyridine rings is 1. The van der Waals surface area contributed by atoms with Crippen LogP contribution in [0.25, 0.3) is 21.8 Å². The van der Waals surface area contributed by atoms with E-state index in [-0.39, 0.29) is 23.0 Å². The van der Waals surface area contributed by atoms with Gasteiger partial charge in [0.25, 0.3) is 0 Å². The molecule has 3 aromatic rings. The lowest BCUT2D eigenvalue weighted by Gasteiger charge is -2.12. The average Bonchev–Trinajstić information content (AvgIpc) is 3.01. The molecule has 0 saturated carbocycles. The lowest BCUT2D eigenvalue weighted by atomic mass is 10.1. The zero-order valence-corrected chi connectivity index (χ0v) is 14.1. The molecule has 0 aliphatic rings. The molecule has 7 heteroatoms. The molecule has 1 amide bonds. The number of ether oxygens (including phenoxy) is 1. The summed E-state index contributed by atoms with van der Waals surface area (Å²) in [6, 6.07) is 3.22. The molecule has 0 bridgehead atoms. The number of aromatic nitrogens is 2. The number of rotatable bonds is 5. The van der Waals surface area contributed by atoms with Gasteiger partial charge >= 0.3 is 0 Å². The Balaban J connectivity index is 2.24. The summed E-state index contributed by atoms with van der Waals surface area (Å²) in [7, 11) is 1.46. The molecule has 0 unspecified atom stereocenters. The van der Waals surface area contributed by atoms with Crippen molar-refractivity contribution in [2.24, 2.45) is 5.92 Å². The van der Waals surface area contributed by atoms with Crippen LogP contribution in [0.4, 0.5) is 5.69 Å². The lowest BCUT2D eigenvalue weighted by molar-refractivity contribution is -0.118. The minimum absolute atomic E-state index is 0.167. The molecule has 0 atom stereocenters. The summed E-state index contributed by atoms with van der Waals surface area (Å²) in [5.41, 5.74) is 1.90. The molecule has 0 radical (unpaired) electrons. The predicted octanol–water partition coefficient (Wildman–Crippen LogP) is 2.57. The molecule has 25 heavy (non-hydrogen) atoms. The molecule has 3 rings (SSSR count). The van der Waals surface area contributed by atoms with Gasteiger partial charge in [0.15, 0.2) is 0 Å². The SMILES string of the molecule is CO/C=C/C(=O)c1cc2cnc3c(=N)cc(NC(=O)C(C)C)c([nH]1)c23. The van der Waals surface area contributed by atoms with Gasteiger partial charge in [-0.15, -0.1) is 0 Å². The number of hydrogen-bond acceptors (Lipinski definition) is 5. The van der Waals surface area contributed by atoms with Crippen molar-refractivity contribution in [3.63, 3.8) is 0 Å². The lowest BCUT2D eigenvalue weighted by Crippen LogP contribution is -2.19. The number of ketones is 1. The van der Waals surface area contributed by atoms with E-state index in [1.54, 1.807) is 32.2 Å². The first kappa shape index (κ1) is 16.6. The highest BCUT2D eigenvalue weighted by Gasteiger charge is 2.17. The van der Waals surface area contributed by atoms with E-state index in [1.807, 2.05) is 0 Å². The molecule has 0 spiro atoms. The Morgan fingerprint density at radius 2 is 2.12 bits per heavy atom. The number of benzene rings is 1. The molecule has 2 aromatic heterocycles. The van der Waals surface area contributed by atoms with E-state index in [1.165, 1.54) is 19.4 Å². The van der Waals surface area contributed by atoms with Gasteiger partial charge in [0, 0.05) is 29.0 Å². The van der Waals surface area contributed by atoms with Crippen molar-refractivity contribution >= 4 is 39.2 Å². The maximum atomic E-state index is 12.3. The van der Waals surface area contributed by atoms with E-state index in [9.17, 15) is 9.59 Å². The van der Waals surface area contributed by atoms with Crippen LogP contribution < -0.4 is 10.7 Å². The summed E-state index contributed by atoms with van der Waals surface area (Å²) in [4.78, 5) is 31.7. The van der Waals surface area contributed by atoms with E-state index >= 15 is 0 Å². The Bertz CT molecular complexity index is 1050. The molecular weight excluding hydrogens is 320 g/mol.